The third kappa shape index (κ3) is 5.80. The zero-order valence-electron chi connectivity index (χ0n) is 16.9. The van der Waals surface area contributed by atoms with Crippen LogP contribution in [0.2, 0.25) is 0 Å². The SMILES string of the molecule is CCC#CC[C@H](C)[C@@H](O)/C=C/[C@@H]1[C@@H]2[C@H](C[C@H]1O)O/C(=C\CCCC(=O)O)C2(F)F. The second-order valence-electron chi connectivity index (χ2n) is 7.80. The molecule has 3 N–H and O–H groups in total. The van der Waals surface area contributed by atoms with Gasteiger partial charge in [0.05, 0.1) is 18.1 Å². The molecular formula is C22H30F2O5. The highest BCUT2D eigenvalue weighted by Gasteiger charge is 2.63. The van der Waals surface area contributed by atoms with Crippen LogP contribution in [-0.4, -0.2) is 45.5 Å². The number of hydrogen-bond donors (Lipinski definition) is 3. The first kappa shape index (κ1) is 23.4. The fourth-order valence-electron chi connectivity index (χ4n) is 3.86. The van der Waals surface area contributed by atoms with Crippen molar-refractivity contribution in [3.8, 4) is 11.8 Å². The van der Waals surface area contributed by atoms with E-state index < -0.39 is 47.8 Å². The number of carbonyl (C=O) groups is 1. The molecule has 0 amide bonds. The maximum atomic E-state index is 14.9. The van der Waals surface area contributed by atoms with E-state index in [-0.39, 0.29) is 31.6 Å². The van der Waals surface area contributed by atoms with Gasteiger partial charge in [0, 0.05) is 31.6 Å². The predicted molar refractivity (Wildman–Crippen MR) is 104 cm³/mol. The summed E-state index contributed by atoms with van der Waals surface area (Å²) in [6.07, 6.45) is 3.28. The van der Waals surface area contributed by atoms with E-state index in [9.17, 15) is 23.8 Å². The number of halogens is 2. The van der Waals surface area contributed by atoms with Crippen molar-refractivity contribution in [1.29, 1.82) is 0 Å². The molecule has 0 unspecified atom stereocenters. The summed E-state index contributed by atoms with van der Waals surface area (Å²) in [6.45, 7) is 3.77. The molecule has 0 radical (unpaired) electrons. The molecule has 0 aromatic carbocycles. The minimum Gasteiger partial charge on any atom is -0.488 e. The number of carboxylic acid groups (broad SMARTS) is 1. The van der Waals surface area contributed by atoms with Gasteiger partial charge in [-0.2, -0.15) is 8.78 Å². The first-order valence-corrected chi connectivity index (χ1v) is 10.2. The Morgan fingerprint density at radius 2 is 2.14 bits per heavy atom. The van der Waals surface area contributed by atoms with Crippen LogP contribution in [0.4, 0.5) is 8.78 Å². The third-order valence-electron chi connectivity index (χ3n) is 5.52. The molecule has 7 heteroatoms. The molecule has 2 fully saturated rings. The fourth-order valence-corrected chi connectivity index (χ4v) is 3.86. The Bertz CT molecular complexity index is 691. The Kier molecular flexibility index (Phi) is 8.23. The van der Waals surface area contributed by atoms with Crippen LogP contribution in [-0.2, 0) is 9.53 Å². The van der Waals surface area contributed by atoms with E-state index in [0.717, 1.165) is 6.42 Å². The second-order valence-corrected chi connectivity index (χ2v) is 7.80. The number of aliphatic hydroxyl groups excluding tert-OH is 2. The molecule has 6 atom stereocenters. The van der Waals surface area contributed by atoms with Crippen molar-refractivity contribution in [3.05, 3.63) is 24.0 Å². The third-order valence-corrected chi connectivity index (χ3v) is 5.52. The van der Waals surface area contributed by atoms with Gasteiger partial charge in [-0.05, 0) is 24.8 Å². The molecule has 1 aliphatic heterocycles. The maximum absolute atomic E-state index is 14.9. The van der Waals surface area contributed by atoms with Gasteiger partial charge in [0.15, 0.2) is 5.76 Å². The first-order valence-electron chi connectivity index (χ1n) is 10.2. The van der Waals surface area contributed by atoms with Gasteiger partial charge in [0.2, 0.25) is 0 Å². The summed E-state index contributed by atoms with van der Waals surface area (Å²) in [6, 6.07) is 0. The number of aliphatic hydroxyl groups is 2. The average Bonchev–Trinajstić information content (AvgIpc) is 3.09. The zero-order chi connectivity index (χ0) is 21.6. The normalized spacial score (nSPS) is 31.2. The fraction of sp³-hybridized carbons (Fsp3) is 0.682. The van der Waals surface area contributed by atoms with E-state index in [2.05, 4.69) is 11.8 Å². The van der Waals surface area contributed by atoms with Crippen molar-refractivity contribution >= 4 is 5.97 Å². The van der Waals surface area contributed by atoms with E-state index in [0.29, 0.717) is 6.42 Å². The van der Waals surface area contributed by atoms with Crippen molar-refractivity contribution in [1.82, 2.24) is 0 Å². The molecule has 162 valence electrons. The zero-order valence-corrected chi connectivity index (χ0v) is 16.9. The molecule has 2 rings (SSSR count). The van der Waals surface area contributed by atoms with Crippen LogP contribution in [0.25, 0.3) is 0 Å². The smallest absolute Gasteiger partial charge is 0.310 e. The monoisotopic (exact) mass is 412 g/mol. The molecule has 1 saturated carbocycles. The number of carboxylic acids is 1. The van der Waals surface area contributed by atoms with Crippen LogP contribution in [0.3, 0.4) is 0 Å². The Morgan fingerprint density at radius 3 is 2.79 bits per heavy atom. The van der Waals surface area contributed by atoms with Crippen LogP contribution in [0.5, 0.6) is 0 Å². The highest BCUT2D eigenvalue weighted by molar-refractivity contribution is 5.66. The molecular weight excluding hydrogens is 382 g/mol. The van der Waals surface area contributed by atoms with Crippen molar-refractivity contribution < 1.29 is 33.6 Å². The molecule has 0 aromatic rings. The van der Waals surface area contributed by atoms with Crippen LogP contribution >= 0.6 is 0 Å². The van der Waals surface area contributed by atoms with Crippen LogP contribution in [0.1, 0.15) is 52.4 Å². The van der Waals surface area contributed by atoms with Crippen molar-refractivity contribution in [2.75, 3.05) is 0 Å². The predicted octanol–water partition coefficient (Wildman–Crippen LogP) is 3.51. The van der Waals surface area contributed by atoms with E-state index in [1.165, 1.54) is 18.2 Å². The van der Waals surface area contributed by atoms with Gasteiger partial charge in [-0.15, -0.1) is 11.8 Å². The van der Waals surface area contributed by atoms with E-state index in [4.69, 9.17) is 9.84 Å². The van der Waals surface area contributed by atoms with Gasteiger partial charge < -0.3 is 20.1 Å². The van der Waals surface area contributed by atoms with E-state index >= 15 is 0 Å². The minimum absolute atomic E-state index is 0.0923. The average molecular weight is 412 g/mol. The van der Waals surface area contributed by atoms with Gasteiger partial charge in [0.25, 0.3) is 0 Å². The van der Waals surface area contributed by atoms with E-state index in [1.54, 1.807) is 0 Å². The maximum Gasteiger partial charge on any atom is 0.310 e. The largest absolute Gasteiger partial charge is 0.488 e. The van der Waals surface area contributed by atoms with Crippen molar-refractivity contribution in [2.24, 2.45) is 17.8 Å². The number of hydrogen-bond acceptors (Lipinski definition) is 4. The standard InChI is InChI=1S/C22H30F2O5/c1-3-4-5-8-14(2)16(25)12-11-15-17(26)13-18-21(15)22(23,24)19(29-18)9-6-7-10-20(27)28/h9,11-12,14-18,21,25-26H,3,6-8,10,13H2,1-2H3,(H,27,28)/b12-11+,19-9-/t14-,15-,16-,17+,18-,21+/m0/s1. The van der Waals surface area contributed by atoms with Crippen molar-refractivity contribution in [3.63, 3.8) is 0 Å². The Labute approximate surface area is 170 Å². The summed E-state index contributed by atoms with van der Waals surface area (Å²) in [5, 5.41) is 29.2. The van der Waals surface area contributed by atoms with Crippen LogP contribution in [0, 0.1) is 29.6 Å². The summed E-state index contributed by atoms with van der Waals surface area (Å²) in [5.41, 5.74) is 0. The molecule has 1 aliphatic carbocycles. The molecule has 29 heavy (non-hydrogen) atoms. The summed E-state index contributed by atoms with van der Waals surface area (Å²) < 4.78 is 35.3. The minimum atomic E-state index is -3.25. The summed E-state index contributed by atoms with van der Waals surface area (Å²) >= 11 is 0. The molecule has 5 nitrogen and oxygen atoms in total. The summed E-state index contributed by atoms with van der Waals surface area (Å²) in [7, 11) is 0. The van der Waals surface area contributed by atoms with Crippen LogP contribution in [0.15, 0.2) is 24.0 Å². The van der Waals surface area contributed by atoms with Gasteiger partial charge in [-0.3, -0.25) is 4.79 Å². The lowest BCUT2D eigenvalue weighted by atomic mass is 9.87. The number of allylic oxidation sites excluding steroid dienone is 2. The van der Waals surface area contributed by atoms with E-state index in [1.807, 2.05) is 13.8 Å². The second kappa shape index (κ2) is 10.2. The molecule has 0 bridgehead atoms. The summed E-state index contributed by atoms with van der Waals surface area (Å²) in [4.78, 5) is 10.5. The Morgan fingerprint density at radius 1 is 1.41 bits per heavy atom. The lowest BCUT2D eigenvalue weighted by Crippen LogP contribution is -2.33. The quantitative estimate of drug-likeness (QED) is 0.323. The topological polar surface area (TPSA) is 87.0 Å². The highest BCUT2D eigenvalue weighted by Crippen LogP contribution is 2.54. The molecule has 0 aromatic heterocycles. The Balaban J connectivity index is 2.05. The molecule has 0 spiro atoms. The lowest BCUT2D eigenvalue weighted by molar-refractivity contribution is -0.137. The number of ether oxygens (including phenoxy) is 1. The van der Waals surface area contributed by atoms with Gasteiger partial charge in [-0.1, -0.05) is 26.0 Å². The Hall–Kier alpha value is -1.91. The molecule has 1 heterocycles. The molecule has 2 aliphatic rings. The number of alkyl halides is 2. The molecule has 1 saturated heterocycles. The summed E-state index contributed by atoms with van der Waals surface area (Å²) in [5.74, 6) is -0.947. The first-order chi connectivity index (χ1) is 13.7. The lowest BCUT2D eigenvalue weighted by Gasteiger charge is -2.23. The highest BCUT2D eigenvalue weighted by atomic mass is 19.3. The van der Waals surface area contributed by atoms with Gasteiger partial charge in [0.1, 0.15) is 6.10 Å². The van der Waals surface area contributed by atoms with Crippen molar-refractivity contribution in [2.45, 2.75) is 76.6 Å². The number of rotatable bonds is 8. The number of unbranched alkanes of at least 4 members (excludes halogenated alkanes) is 1. The van der Waals surface area contributed by atoms with Crippen LogP contribution < -0.4 is 0 Å². The van der Waals surface area contributed by atoms with Gasteiger partial charge in [-0.25, -0.2) is 0 Å². The number of fused-ring (bicyclic) bond motifs is 1. The number of aliphatic carboxylic acids is 1. The van der Waals surface area contributed by atoms with Gasteiger partial charge >= 0.3 is 11.9 Å².